The number of aliphatic hydroxyl groups excluding tert-OH is 15. The van der Waals surface area contributed by atoms with Crippen LogP contribution >= 0.6 is 0 Å². The number of carbonyl (C=O) groups is 2. The van der Waals surface area contributed by atoms with Crippen LogP contribution in [-0.4, -0.2) is 275 Å². The lowest BCUT2D eigenvalue weighted by Crippen LogP contribution is -2.69. The second-order valence-corrected chi connectivity index (χ2v) is 15.5. The van der Waals surface area contributed by atoms with Crippen molar-refractivity contribution in [2.75, 3.05) is 33.0 Å². The summed E-state index contributed by atoms with van der Waals surface area (Å²) in [5.74, 6) is -1.48. The van der Waals surface area contributed by atoms with E-state index in [1.807, 2.05) is 0 Å². The molecule has 0 saturated carbocycles. The third-order valence-corrected chi connectivity index (χ3v) is 11.1. The zero-order valence-electron chi connectivity index (χ0n) is 33.2. The van der Waals surface area contributed by atoms with Gasteiger partial charge in [-0.15, -0.1) is 0 Å². The highest BCUT2D eigenvalue weighted by molar-refractivity contribution is 5.73. The van der Waals surface area contributed by atoms with E-state index in [-0.39, 0.29) is 0 Å². The molecule has 5 rings (SSSR count). The first-order valence-corrected chi connectivity index (χ1v) is 19.6. The minimum absolute atomic E-state index is 0.710. The highest BCUT2D eigenvalue weighted by Crippen LogP contribution is 2.34. The van der Waals surface area contributed by atoms with Crippen LogP contribution in [0.5, 0.6) is 0 Å². The monoisotopic (exact) mass is 910 g/mol. The van der Waals surface area contributed by atoms with E-state index in [1.54, 1.807) is 0 Å². The molecule has 0 spiro atoms. The molecule has 17 N–H and O–H groups in total. The van der Waals surface area contributed by atoms with E-state index >= 15 is 0 Å². The summed E-state index contributed by atoms with van der Waals surface area (Å²) in [7, 11) is 0. The summed E-state index contributed by atoms with van der Waals surface area (Å²) in [6, 6.07) is -3.12. The molecule has 0 aliphatic carbocycles. The Labute approximate surface area is 351 Å². The topological polar surface area (TPSA) is 445 Å². The third-order valence-electron chi connectivity index (χ3n) is 11.1. The van der Waals surface area contributed by atoms with Gasteiger partial charge in [0.2, 0.25) is 11.8 Å². The van der Waals surface area contributed by atoms with Gasteiger partial charge in [0.25, 0.3) is 0 Å². The molecule has 5 aliphatic rings. The Morgan fingerprint density at radius 1 is 0.419 bits per heavy atom. The Morgan fingerprint density at radius 2 is 0.839 bits per heavy atom. The molecule has 5 fully saturated rings. The molecule has 0 aromatic heterocycles. The van der Waals surface area contributed by atoms with Crippen LogP contribution in [0.4, 0.5) is 0 Å². The Balaban J connectivity index is 1.30. The summed E-state index contributed by atoms with van der Waals surface area (Å²) < 4.78 is 50.4. The molecule has 62 heavy (non-hydrogen) atoms. The van der Waals surface area contributed by atoms with Gasteiger partial charge in [0, 0.05) is 13.8 Å². The highest BCUT2D eigenvalue weighted by atomic mass is 16.8. The highest BCUT2D eigenvalue weighted by Gasteiger charge is 2.56. The van der Waals surface area contributed by atoms with Crippen molar-refractivity contribution in [2.24, 2.45) is 0 Å². The van der Waals surface area contributed by atoms with Crippen LogP contribution < -0.4 is 10.6 Å². The predicted octanol–water partition coefficient (Wildman–Crippen LogP) is -11.6. The summed E-state index contributed by atoms with van der Waals surface area (Å²) in [6.07, 6.45) is -41.5. The van der Waals surface area contributed by atoms with E-state index in [0.29, 0.717) is 0 Å². The largest absolute Gasteiger partial charge is 0.394 e. The molecular formula is C34H58N2O26. The lowest BCUT2D eigenvalue weighted by molar-refractivity contribution is -0.377. The number of amides is 2. The van der Waals surface area contributed by atoms with Gasteiger partial charge in [-0.2, -0.15) is 0 Å². The lowest BCUT2D eigenvalue weighted by Gasteiger charge is -2.49. The van der Waals surface area contributed by atoms with Crippen LogP contribution in [0.25, 0.3) is 0 Å². The van der Waals surface area contributed by atoms with Gasteiger partial charge in [0.05, 0.1) is 33.0 Å². The molecule has 0 bridgehead atoms. The van der Waals surface area contributed by atoms with Crippen molar-refractivity contribution in [2.45, 2.75) is 167 Å². The Hall–Kier alpha value is -2.02. The number of ether oxygens (including phenoxy) is 9. The number of hydrogen-bond donors (Lipinski definition) is 17. The van der Waals surface area contributed by atoms with E-state index < -0.39 is 198 Å². The van der Waals surface area contributed by atoms with Crippen LogP contribution in [0.3, 0.4) is 0 Å². The van der Waals surface area contributed by atoms with Crippen molar-refractivity contribution in [3.8, 4) is 0 Å². The van der Waals surface area contributed by atoms with E-state index in [1.165, 1.54) is 0 Å². The molecule has 2 amide bonds. The van der Waals surface area contributed by atoms with E-state index in [2.05, 4.69) is 10.6 Å². The Morgan fingerprint density at radius 3 is 1.39 bits per heavy atom. The number of rotatable bonds is 15. The second-order valence-electron chi connectivity index (χ2n) is 15.5. The van der Waals surface area contributed by atoms with Crippen molar-refractivity contribution in [3.63, 3.8) is 0 Å². The zero-order valence-corrected chi connectivity index (χ0v) is 33.2. The Kier molecular flexibility index (Phi) is 18.1. The van der Waals surface area contributed by atoms with Gasteiger partial charge in [0.15, 0.2) is 31.5 Å². The summed E-state index contributed by atoms with van der Waals surface area (Å²) in [5, 5.41) is 162. The number of nitrogens with one attached hydrogen (secondary N) is 2. The fourth-order valence-corrected chi connectivity index (χ4v) is 7.73. The van der Waals surface area contributed by atoms with E-state index in [0.717, 1.165) is 13.8 Å². The molecule has 1 unspecified atom stereocenters. The molecule has 0 radical (unpaired) electrons. The summed E-state index contributed by atoms with van der Waals surface area (Å²) >= 11 is 0. The van der Waals surface area contributed by atoms with Crippen LogP contribution in [-0.2, 0) is 52.2 Å². The van der Waals surface area contributed by atoms with Gasteiger partial charge in [-0.3, -0.25) is 9.59 Å². The van der Waals surface area contributed by atoms with Gasteiger partial charge in [-0.25, -0.2) is 0 Å². The summed E-state index contributed by atoms with van der Waals surface area (Å²) in [6.45, 7) is -2.20. The van der Waals surface area contributed by atoms with Gasteiger partial charge < -0.3 is 130 Å². The fraction of sp³-hybridized carbons (Fsp3) is 0.941. The standard InChI is InChI=1S/C34H58N2O26/c1-8(41)35-15-21(47)17(43)10(3-37)56-32(15)61-28-20(46)14(55-30(53)25(28)51)7-54-31-16(36-9(2)42)22(48)27(13(6-40)59-31)60-34-26(52)29(19(45)12(5-39)58-34)62-33-24(50)23(49)18(44)11(4-38)57-33/h10-34,37-40,43-53H,3-7H2,1-2H3,(H,35,41)(H,36,42)/t10-,11-,12-,13-,14-,15-,16-,17-,18+,19+,20+,21-,22-,23+,24-,25-,26-,27-,28+,29+,30?,31-,32+,33-,34+/m1/s1. The molecular weight excluding hydrogens is 852 g/mol. The molecule has 25 atom stereocenters. The maximum absolute atomic E-state index is 12.3. The molecule has 0 aromatic rings. The summed E-state index contributed by atoms with van der Waals surface area (Å²) in [4.78, 5) is 24.2. The van der Waals surface area contributed by atoms with Crippen molar-refractivity contribution in [1.29, 1.82) is 0 Å². The number of aliphatic hydroxyl groups is 15. The van der Waals surface area contributed by atoms with Crippen LogP contribution in [0.15, 0.2) is 0 Å². The fourth-order valence-electron chi connectivity index (χ4n) is 7.73. The normalized spacial score (nSPS) is 49.0. The van der Waals surface area contributed by atoms with Gasteiger partial charge in [-0.05, 0) is 0 Å². The van der Waals surface area contributed by atoms with Crippen LogP contribution in [0, 0.1) is 0 Å². The molecule has 28 heteroatoms. The van der Waals surface area contributed by atoms with Gasteiger partial charge in [-0.1, -0.05) is 0 Å². The maximum Gasteiger partial charge on any atom is 0.217 e. The molecule has 28 nitrogen and oxygen atoms in total. The van der Waals surface area contributed by atoms with Crippen molar-refractivity contribution < 1.29 is 129 Å². The van der Waals surface area contributed by atoms with Crippen LogP contribution in [0.2, 0.25) is 0 Å². The predicted molar refractivity (Wildman–Crippen MR) is 190 cm³/mol. The summed E-state index contributed by atoms with van der Waals surface area (Å²) in [5.41, 5.74) is 0. The minimum Gasteiger partial charge on any atom is -0.394 e. The average molecular weight is 911 g/mol. The molecule has 360 valence electrons. The smallest absolute Gasteiger partial charge is 0.217 e. The quantitative estimate of drug-likeness (QED) is 0.0725. The Bertz CT molecular complexity index is 1440. The average Bonchev–Trinajstić information content (AvgIpc) is 3.23. The van der Waals surface area contributed by atoms with Gasteiger partial charge in [0.1, 0.15) is 122 Å². The van der Waals surface area contributed by atoms with E-state index in [9.17, 15) is 86.2 Å². The molecule has 0 aromatic carbocycles. The zero-order chi connectivity index (χ0) is 45.9. The maximum atomic E-state index is 12.3. The first kappa shape index (κ1) is 51.0. The van der Waals surface area contributed by atoms with E-state index in [4.69, 9.17) is 42.6 Å². The second kappa shape index (κ2) is 22.0. The van der Waals surface area contributed by atoms with Crippen molar-refractivity contribution >= 4 is 11.8 Å². The van der Waals surface area contributed by atoms with Crippen LogP contribution in [0.1, 0.15) is 13.8 Å². The first-order chi connectivity index (χ1) is 29.3. The van der Waals surface area contributed by atoms with Crippen molar-refractivity contribution in [1.82, 2.24) is 10.6 Å². The number of hydrogen-bond acceptors (Lipinski definition) is 26. The van der Waals surface area contributed by atoms with Crippen molar-refractivity contribution in [3.05, 3.63) is 0 Å². The molecule has 5 heterocycles. The lowest BCUT2D eigenvalue weighted by atomic mass is 9.94. The minimum atomic E-state index is -2.09. The third kappa shape index (κ3) is 11.0. The molecule has 5 aliphatic heterocycles. The SMILES string of the molecule is CC(=O)N[C@H]1[C@H](OC[C@H]2OC(O)[C@H](O)[C@@H](O[C@@H]3O[C@H](CO)[C@@H](O)[C@H](O)[C@H]3NC(C)=O)[C@H]2O)O[C@H](CO)[C@@H](O[C@@H]2O[C@H](CO)[C@H](O)[C@H](O[C@H]3O[C@H](CO)[C@H](O)[C@H](O)[C@H]3O)[C@H]2O)[C@@H]1O. The molecule has 5 saturated heterocycles. The van der Waals surface area contributed by atoms with Gasteiger partial charge >= 0.3 is 0 Å². The number of carbonyl (C=O) groups excluding carboxylic acids is 2. The first-order valence-electron chi connectivity index (χ1n) is 19.6.